The summed E-state index contributed by atoms with van der Waals surface area (Å²) in [5.74, 6) is -0.547. The summed E-state index contributed by atoms with van der Waals surface area (Å²) < 4.78 is 15.4. The molecule has 1 atom stereocenters. The molecule has 3 N–H and O–H groups in total. The Morgan fingerprint density at radius 1 is 1.12 bits per heavy atom. The van der Waals surface area contributed by atoms with Crippen molar-refractivity contribution in [1.29, 1.82) is 0 Å². The van der Waals surface area contributed by atoms with Gasteiger partial charge in [0.05, 0.1) is 25.0 Å². The lowest BCUT2D eigenvalue weighted by Crippen LogP contribution is -2.39. The summed E-state index contributed by atoms with van der Waals surface area (Å²) in [6.45, 7) is 0.383. The van der Waals surface area contributed by atoms with E-state index in [0.29, 0.717) is 18.0 Å². The van der Waals surface area contributed by atoms with Crippen molar-refractivity contribution in [2.45, 2.75) is 12.6 Å². The molecule has 0 aliphatic carbocycles. The van der Waals surface area contributed by atoms with Gasteiger partial charge in [-0.25, -0.2) is 4.79 Å². The molecule has 0 fully saturated rings. The molecule has 0 spiro atoms. The van der Waals surface area contributed by atoms with E-state index in [-0.39, 0.29) is 12.2 Å². The number of amides is 1. The minimum Gasteiger partial charge on any atom is -0.487 e. The van der Waals surface area contributed by atoms with Crippen molar-refractivity contribution in [3.05, 3.63) is 59.7 Å². The molecule has 138 valence electrons. The maximum atomic E-state index is 12.2. The van der Waals surface area contributed by atoms with Crippen LogP contribution in [0.5, 0.6) is 5.75 Å². The number of carbonyl (C=O) groups is 2. The van der Waals surface area contributed by atoms with Crippen LogP contribution in [0.15, 0.2) is 48.5 Å². The first-order valence-electron chi connectivity index (χ1n) is 7.99. The Morgan fingerprint density at radius 3 is 2.50 bits per heavy atom. The third kappa shape index (κ3) is 5.30. The number of rotatable bonds is 8. The molecule has 2 rings (SSSR count). The van der Waals surface area contributed by atoms with E-state index in [1.165, 1.54) is 20.3 Å². The van der Waals surface area contributed by atoms with Gasteiger partial charge < -0.3 is 25.3 Å². The van der Waals surface area contributed by atoms with Gasteiger partial charge in [-0.15, -0.1) is 0 Å². The van der Waals surface area contributed by atoms with Gasteiger partial charge in [0.1, 0.15) is 18.4 Å². The molecule has 0 saturated heterocycles. The highest BCUT2D eigenvalue weighted by atomic mass is 16.5. The molecule has 0 saturated carbocycles. The number of methoxy groups -OCH3 is 2. The number of benzene rings is 2. The van der Waals surface area contributed by atoms with Gasteiger partial charge in [0.25, 0.3) is 0 Å². The molecule has 26 heavy (non-hydrogen) atoms. The highest BCUT2D eigenvalue weighted by molar-refractivity contribution is 5.98. The molecule has 2 aromatic rings. The fraction of sp³-hybridized carbons (Fsp3) is 0.263. The Bertz CT molecular complexity index is 749. The summed E-state index contributed by atoms with van der Waals surface area (Å²) in [7, 11) is 2.74. The van der Waals surface area contributed by atoms with Crippen LogP contribution < -0.4 is 15.8 Å². The van der Waals surface area contributed by atoms with E-state index >= 15 is 0 Å². The predicted molar refractivity (Wildman–Crippen MR) is 97.0 cm³/mol. The third-order valence-electron chi connectivity index (χ3n) is 3.58. The number of carbonyl (C=O) groups excluding carboxylic acids is 2. The first kappa shape index (κ1) is 19.4. The quantitative estimate of drug-likeness (QED) is 0.700. The van der Waals surface area contributed by atoms with E-state index in [4.69, 9.17) is 19.9 Å². The van der Waals surface area contributed by atoms with Gasteiger partial charge in [0, 0.05) is 7.11 Å². The molecule has 0 aliphatic heterocycles. The molecule has 1 unspecified atom stereocenters. The first-order chi connectivity index (χ1) is 12.5. The Labute approximate surface area is 152 Å². The van der Waals surface area contributed by atoms with Crippen molar-refractivity contribution in [3.8, 4) is 5.75 Å². The zero-order valence-electron chi connectivity index (χ0n) is 14.7. The molecule has 7 heteroatoms. The predicted octanol–water partition coefficient (Wildman–Crippen LogP) is 1.96. The van der Waals surface area contributed by atoms with Crippen molar-refractivity contribution in [2.24, 2.45) is 5.73 Å². The van der Waals surface area contributed by atoms with E-state index in [0.717, 1.165) is 5.56 Å². The smallest absolute Gasteiger partial charge is 0.337 e. The highest BCUT2D eigenvalue weighted by Gasteiger charge is 2.17. The molecule has 2 aromatic carbocycles. The molecular weight excluding hydrogens is 336 g/mol. The van der Waals surface area contributed by atoms with Crippen LogP contribution in [0.1, 0.15) is 15.9 Å². The van der Waals surface area contributed by atoms with Crippen LogP contribution >= 0.6 is 0 Å². The number of hydrogen-bond acceptors (Lipinski definition) is 6. The van der Waals surface area contributed by atoms with Crippen LogP contribution in [0, 0.1) is 0 Å². The van der Waals surface area contributed by atoms with Gasteiger partial charge in [0.2, 0.25) is 5.91 Å². The standard InChI is InChI=1S/C19H22N2O5/c1-24-12-15(20)18(22)21-16-10-14(19(23)25-2)8-9-17(16)26-11-13-6-4-3-5-7-13/h3-10,15H,11-12,20H2,1-2H3,(H,21,22). The molecular formula is C19H22N2O5. The van der Waals surface area contributed by atoms with Crippen LogP contribution in [-0.4, -0.2) is 38.7 Å². The monoisotopic (exact) mass is 358 g/mol. The molecule has 0 bridgehead atoms. The van der Waals surface area contributed by atoms with E-state index in [9.17, 15) is 9.59 Å². The van der Waals surface area contributed by atoms with Crippen LogP contribution in [0.3, 0.4) is 0 Å². The summed E-state index contributed by atoms with van der Waals surface area (Å²) >= 11 is 0. The first-order valence-corrected chi connectivity index (χ1v) is 7.99. The molecule has 1 amide bonds. The largest absolute Gasteiger partial charge is 0.487 e. The Morgan fingerprint density at radius 2 is 1.85 bits per heavy atom. The molecule has 0 radical (unpaired) electrons. The second-order valence-electron chi connectivity index (χ2n) is 5.53. The third-order valence-corrected chi connectivity index (χ3v) is 3.58. The van der Waals surface area contributed by atoms with Crippen molar-refractivity contribution >= 4 is 17.6 Å². The number of nitrogens with one attached hydrogen (secondary N) is 1. The minimum absolute atomic E-state index is 0.0722. The van der Waals surface area contributed by atoms with E-state index < -0.39 is 17.9 Å². The number of anilines is 1. The maximum absolute atomic E-state index is 12.2. The van der Waals surface area contributed by atoms with Crippen molar-refractivity contribution in [2.75, 3.05) is 26.1 Å². The number of esters is 1. The Balaban J connectivity index is 2.22. The minimum atomic E-state index is -0.844. The molecule has 0 heterocycles. The summed E-state index contributed by atoms with van der Waals surface area (Å²) in [5, 5.41) is 2.67. The summed E-state index contributed by atoms with van der Waals surface area (Å²) in [4.78, 5) is 23.9. The van der Waals surface area contributed by atoms with Crippen molar-refractivity contribution < 1.29 is 23.8 Å². The van der Waals surface area contributed by atoms with E-state index in [2.05, 4.69) is 5.32 Å². The number of ether oxygens (including phenoxy) is 3. The fourth-order valence-corrected chi connectivity index (χ4v) is 2.21. The average Bonchev–Trinajstić information content (AvgIpc) is 2.67. The number of hydrogen-bond donors (Lipinski definition) is 2. The van der Waals surface area contributed by atoms with Gasteiger partial charge in [-0.2, -0.15) is 0 Å². The van der Waals surface area contributed by atoms with Gasteiger partial charge in [0.15, 0.2) is 0 Å². The lowest BCUT2D eigenvalue weighted by molar-refractivity contribution is -0.118. The maximum Gasteiger partial charge on any atom is 0.337 e. The normalized spacial score (nSPS) is 11.5. The number of nitrogens with two attached hydrogens (primary N) is 1. The highest BCUT2D eigenvalue weighted by Crippen LogP contribution is 2.27. The molecule has 7 nitrogen and oxygen atoms in total. The lowest BCUT2D eigenvalue weighted by Gasteiger charge is -2.16. The zero-order valence-corrected chi connectivity index (χ0v) is 14.7. The van der Waals surface area contributed by atoms with E-state index in [1.807, 2.05) is 30.3 Å². The zero-order chi connectivity index (χ0) is 18.9. The van der Waals surface area contributed by atoms with Gasteiger partial charge in [-0.3, -0.25) is 4.79 Å². The van der Waals surface area contributed by atoms with Crippen LogP contribution in [0.25, 0.3) is 0 Å². The van der Waals surface area contributed by atoms with Gasteiger partial charge >= 0.3 is 5.97 Å². The summed E-state index contributed by atoms with van der Waals surface area (Å²) in [5.41, 5.74) is 7.34. The summed E-state index contributed by atoms with van der Waals surface area (Å²) in [6.07, 6.45) is 0. The van der Waals surface area contributed by atoms with Gasteiger partial charge in [-0.05, 0) is 23.8 Å². The van der Waals surface area contributed by atoms with Crippen LogP contribution in [-0.2, 0) is 20.9 Å². The fourth-order valence-electron chi connectivity index (χ4n) is 2.21. The van der Waals surface area contributed by atoms with E-state index in [1.54, 1.807) is 12.1 Å². The molecule has 0 aliphatic rings. The van der Waals surface area contributed by atoms with Crippen LogP contribution in [0.4, 0.5) is 5.69 Å². The molecule has 0 aromatic heterocycles. The lowest BCUT2D eigenvalue weighted by atomic mass is 10.1. The summed E-state index contributed by atoms with van der Waals surface area (Å²) in [6, 6.07) is 13.4. The average molecular weight is 358 g/mol. The second-order valence-corrected chi connectivity index (χ2v) is 5.53. The van der Waals surface area contributed by atoms with Crippen molar-refractivity contribution in [1.82, 2.24) is 0 Å². The van der Waals surface area contributed by atoms with Crippen molar-refractivity contribution in [3.63, 3.8) is 0 Å². The van der Waals surface area contributed by atoms with Gasteiger partial charge in [-0.1, -0.05) is 30.3 Å². The van der Waals surface area contributed by atoms with Crippen LogP contribution in [0.2, 0.25) is 0 Å². The SMILES string of the molecule is COCC(N)C(=O)Nc1cc(C(=O)OC)ccc1OCc1ccccc1. The Kier molecular flexibility index (Phi) is 7.13. The topological polar surface area (TPSA) is 99.9 Å². The second kappa shape index (κ2) is 9.55. The Hall–Kier alpha value is -2.90.